The molecule has 1 atom stereocenters. The van der Waals surface area contributed by atoms with Gasteiger partial charge in [-0.3, -0.25) is 19.4 Å². The highest BCUT2D eigenvalue weighted by molar-refractivity contribution is 6.30. The molecule has 1 saturated heterocycles. The number of carboxylic acids is 1. The molecule has 0 bridgehead atoms. The molecule has 144 valence electrons. The number of likely N-dealkylation sites (N-methyl/N-ethyl adjacent to an activating group) is 1. The van der Waals surface area contributed by atoms with Crippen molar-refractivity contribution in [3.63, 3.8) is 0 Å². The molecular formula is C19H28ClN3O3. The fourth-order valence-corrected chi connectivity index (χ4v) is 3.57. The van der Waals surface area contributed by atoms with E-state index in [4.69, 9.17) is 16.7 Å². The summed E-state index contributed by atoms with van der Waals surface area (Å²) in [6.45, 7) is 6.75. The van der Waals surface area contributed by atoms with E-state index in [-0.39, 0.29) is 24.5 Å². The van der Waals surface area contributed by atoms with E-state index in [9.17, 15) is 9.59 Å². The molecule has 26 heavy (non-hydrogen) atoms. The maximum atomic E-state index is 12.3. The molecule has 1 fully saturated rings. The number of rotatable bonds is 8. The highest BCUT2D eigenvalue weighted by Gasteiger charge is 2.26. The Morgan fingerprint density at radius 2 is 1.92 bits per heavy atom. The first-order valence-electron chi connectivity index (χ1n) is 9.12. The lowest BCUT2D eigenvalue weighted by Crippen LogP contribution is -2.48. The minimum atomic E-state index is -0.787. The molecule has 1 aliphatic heterocycles. The highest BCUT2D eigenvalue weighted by Crippen LogP contribution is 2.18. The summed E-state index contributed by atoms with van der Waals surface area (Å²) in [5.41, 5.74) is 1.02. The summed E-state index contributed by atoms with van der Waals surface area (Å²) in [4.78, 5) is 27.4. The van der Waals surface area contributed by atoms with Crippen molar-refractivity contribution in [3.05, 3.63) is 34.9 Å². The van der Waals surface area contributed by atoms with Crippen LogP contribution >= 0.6 is 11.6 Å². The molecule has 1 aromatic rings. The van der Waals surface area contributed by atoms with E-state index in [1.165, 1.54) is 0 Å². The van der Waals surface area contributed by atoms with E-state index in [1.54, 1.807) is 0 Å². The second kappa shape index (κ2) is 9.90. The summed E-state index contributed by atoms with van der Waals surface area (Å²) in [5.74, 6) is -0.784. The van der Waals surface area contributed by atoms with E-state index in [1.807, 2.05) is 43.0 Å². The summed E-state index contributed by atoms with van der Waals surface area (Å²) in [6.07, 6.45) is 1.78. The van der Waals surface area contributed by atoms with Gasteiger partial charge in [-0.15, -0.1) is 0 Å². The van der Waals surface area contributed by atoms with Gasteiger partial charge >= 0.3 is 5.97 Å². The second-order valence-corrected chi connectivity index (χ2v) is 7.24. The third-order valence-corrected chi connectivity index (χ3v) is 5.18. The van der Waals surface area contributed by atoms with Gasteiger partial charge in [0.05, 0.1) is 19.1 Å². The van der Waals surface area contributed by atoms with Gasteiger partial charge in [0.25, 0.3) is 0 Å². The van der Waals surface area contributed by atoms with Crippen molar-refractivity contribution in [2.45, 2.75) is 38.8 Å². The highest BCUT2D eigenvalue weighted by atomic mass is 35.5. The molecular weight excluding hydrogens is 354 g/mol. The monoisotopic (exact) mass is 381 g/mol. The van der Waals surface area contributed by atoms with Crippen molar-refractivity contribution in [1.82, 2.24) is 15.1 Å². The molecule has 0 spiro atoms. The van der Waals surface area contributed by atoms with Gasteiger partial charge in [0.15, 0.2) is 0 Å². The van der Waals surface area contributed by atoms with E-state index < -0.39 is 5.97 Å². The van der Waals surface area contributed by atoms with E-state index in [2.05, 4.69) is 10.2 Å². The van der Waals surface area contributed by atoms with Gasteiger partial charge in [-0.05, 0) is 44.0 Å². The zero-order valence-electron chi connectivity index (χ0n) is 15.4. The van der Waals surface area contributed by atoms with Crippen LogP contribution in [0.1, 0.15) is 38.3 Å². The predicted octanol–water partition coefficient (Wildman–Crippen LogP) is 2.39. The van der Waals surface area contributed by atoms with Crippen molar-refractivity contribution in [2.75, 3.05) is 32.7 Å². The van der Waals surface area contributed by atoms with Crippen molar-refractivity contribution in [2.24, 2.45) is 0 Å². The number of nitrogens with zero attached hydrogens (tertiary/aromatic N) is 2. The van der Waals surface area contributed by atoms with Gasteiger partial charge in [0.1, 0.15) is 0 Å². The smallest absolute Gasteiger partial charge is 0.317 e. The number of carboxylic acid groups (broad SMARTS) is 1. The third-order valence-electron chi connectivity index (χ3n) is 4.93. The molecule has 1 heterocycles. The van der Waals surface area contributed by atoms with Crippen LogP contribution in [0.5, 0.6) is 0 Å². The molecule has 1 aromatic carbocycles. The normalized spacial score (nSPS) is 17.2. The van der Waals surface area contributed by atoms with Crippen LogP contribution in [-0.2, 0) is 9.59 Å². The summed E-state index contributed by atoms with van der Waals surface area (Å²) in [5, 5.41) is 12.7. The molecule has 0 saturated carbocycles. The Kier molecular flexibility index (Phi) is 7.87. The number of aliphatic carboxylic acids is 1. The Labute approximate surface area is 160 Å². The molecule has 0 aromatic heterocycles. The number of nitrogens with one attached hydrogen (secondary N) is 1. The van der Waals surface area contributed by atoms with Crippen LogP contribution in [0.4, 0.5) is 0 Å². The Hall–Kier alpha value is -1.63. The Balaban J connectivity index is 1.77. The average Bonchev–Trinajstić information content (AvgIpc) is 2.60. The first-order valence-corrected chi connectivity index (χ1v) is 9.49. The molecule has 6 nitrogen and oxygen atoms in total. The van der Waals surface area contributed by atoms with Crippen molar-refractivity contribution in [3.8, 4) is 0 Å². The minimum absolute atomic E-state index is 0.00350. The maximum absolute atomic E-state index is 12.3. The molecule has 2 rings (SSSR count). The van der Waals surface area contributed by atoms with Crippen molar-refractivity contribution < 1.29 is 14.7 Å². The number of hydrogen-bond donors (Lipinski definition) is 2. The Morgan fingerprint density at radius 1 is 1.31 bits per heavy atom. The van der Waals surface area contributed by atoms with Gasteiger partial charge in [-0.25, -0.2) is 0 Å². The van der Waals surface area contributed by atoms with Crippen molar-refractivity contribution >= 4 is 23.5 Å². The number of hydrogen-bond acceptors (Lipinski definition) is 4. The van der Waals surface area contributed by atoms with Gasteiger partial charge in [-0.2, -0.15) is 0 Å². The summed E-state index contributed by atoms with van der Waals surface area (Å²) in [7, 11) is 0. The molecule has 1 amide bonds. The maximum Gasteiger partial charge on any atom is 0.317 e. The van der Waals surface area contributed by atoms with Crippen LogP contribution in [0.3, 0.4) is 0 Å². The van der Waals surface area contributed by atoms with E-state index in [0.717, 1.165) is 38.0 Å². The predicted molar refractivity (Wildman–Crippen MR) is 102 cm³/mol. The van der Waals surface area contributed by atoms with Crippen molar-refractivity contribution in [1.29, 1.82) is 0 Å². The molecule has 0 aliphatic carbocycles. The van der Waals surface area contributed by atoms with Gasteiger partial charge < -0.3 is 10.4 Å². The van der Waals surface area contributed by atoms with Crippen LogP contribution < -0.4 is 5.32 Å². The van der Waals surface area contributed by atoms with Crippen LogP contribution in [0, 0.1) is 0 Å². The molecule has 1 unspecified atom stereocenters. The molecule has 0 radical (unpaired) electrons. The molecule has 1 aliphatic rings. The lowest BCUT2D eigenvalue weighted by molar-refractivity contribution is -0.139. The lowest BCUT2D eigenvalue weighted by Gasteiger charge is -2.37. The average molecular weight is 382 g/mol. The molecule has 7 heteroatoms. The van der Waals surface area contributed by atoms with Crippen LogP contribution in [0.15, 0.2) is 24.3 Å². The lowest BCUT2D eigenvalue weighted by atomic mass is 10.0. The third kappa shape index (κ3) is 6.27. The number of likely N-dealkylation sites (tertiary alicyclic amines) is 1. The Morgan fingerprint density at radius 3 is 2.46 bits per heavy atom. The zero-order chi connectivity index (χ0) is 19.1. The standard InChI is InChI=1S/C19H28ClN3O3/c1-3-23(13-19(25)26)17-8-10-22(11-9-17)12-18(24)21-14(2)15-4-6-16(20)7-5-15/h4-7,14,17H,3,8-13H2,1-2H3,(H,21,24)(H,25,26). The number of halogens is 1. The molecule has 2 N–H and O–H groups in total. The largest absolute Gasteiger partial charge is 0.480 e. The van der Waals surface area contributed by atoms with Crippen LogP contribution in [0.2, 0.25) is 5.02 Å². The van der Waals surface area contributed by atoms with Gasteiger partial charge in [-0.1, -0.05) is 30.7 Å². The Bertz CT molecular complexity index is 601. The first kappa shape index (κ1) is 20.7. The number of piperidine rings is 1. The fourth-order valence-electron chi connectivity index (χ4n) is 3.44. The fraction of sp³-hybridized carbons (Fsp3) is 0.579. The first-order chi connectivity index (χ1) is 12.4. The number of carbonyl (C=O) groups excluding carboxylic acids is 1. The quantitative estimate of drug-likeness (QED) is 0.723. The topological polar surface area (TPSA) is 72.9 Å². The zero-order valence-corrected chi connectivity index (χ0v) is 16.2. The minimum Gasteiger partial charge on any atom is -0.480 e. The SMILES string of the molecule is CCN(CC(=O)O)C1CCN(CC(=O)NC(C)c2ccc(Cl)cc2)CC1. The van der Waals surface area contributed by atoms with Crippen LogP contribution in [0.25, 0.3) is 0 Å². The van der Waals surface area contributed by atoms with E-state index in [0.29, 0.717) is 11.6 Å². The van der Waals surface area contributed by atoms with Gasteiger partial charge in [0.2, 0.25) is 5.91 Å². The summed E-state index contributed by atoms with van der Waals surface area (Å²) >= 11 is 5.89. The van der Waals surface area contributed by atoms with E-state index >= 15 is 0 Å². The second-order valence-electron chi connectivity index (χ2n) is 6.80. The summed E-state index contributed by atoms with van der Waals surface area (Å²) < 4.78 is 0. The number of benzene rings is 1. The van der Waals surface area contributed by atoms with Gasteiger partial charge in [0, 0.05) is 24.2 Å². The summed E-state index contributed by atoms with van der Waals surface area (Å²) in [6, 6.07) is 7.69. The number of amides is 1. The number of carbonyl (C=O) groups is 2. The van der Waals surface area contributed by atoms with Crippen LogP contribution in [-0.4, -0.2) is 65.5 Å².